The molecule has 5 heteroatoms. The average molecular weight is 700 g/mol. The fourth-order valence-electron chi connectivity index (χ4n) is 8.85. The van der Waals surface area contributed by atoms with E-state index in [1.165, 1.54) is 32.6 Å². The molecule has 0 radical (unpaired) electrons. The van der Waals surface area contributed by atoms with Crippen LogP contribution in [0.3, 0.4) is 0 Å². The zero-order valence-electron chi connectivity index (χ0n) is 29.5. The van der Waals surface area contributed by atoms with Crippen molar-refractivity contribution in [2.45, 2.75) is 0 Å². The minimum Gasteiger partial charge on any atom is -0.309 e. The van der Waals surface area contributed by atoms with Gasteiger partial charge in [-0.2, -0.15) is 10.5 Å². The first-order valence-electron chi connectivity index (χ1n) is 18.3. The minimum absolute atomic E-state index is 0.558. The second kappa shape index (κ2) is 11.8. The molecule has 11 aromatic rings. The molecule has 3 heterocycles. The van der Waals surface area contributed by atoms with E-state index in [9.17, 15) is 10.5 Å². The lowest BCUT2D eigenvalue weighted by Crippen LogP contribution is -2.01. The lowest BCUT2D eigenvalue weighted by molar-refractivity contribution is 1.16. The van der Waals surface area contributed by atoms with Gasteiger partial charge in [0.15, 0.2) is 0 Å². The number of benzene rings is 8. The fourth-order valence-corrected chi connectivity index (χ4v) is 8.85. The topological polar surface area (TPSA) is 62.4 Å². The van der Waals surface area contributed by atoms with Gasteiger partial charge in [-0.25, -0.2) is 0 Å². The van der Waals surface area contributed by atoms with Crippen molar-refractivity contribution in [1.82, 2.24) is 13.7 Å². The van der Waals surface area contributed by atoms with Gasteiger partial charge in [0.1, 0.15) is 6.07 Å². The highest BCUT2D eigenvalue weighted by molar-refractivity contribution is 6.14. The molecule has 0 spiro atoms. The lowest BCUT2D eigenvalue weighted by Gasteiger charge is -2.17. The molecule has 0 amide bonds. The first-order valence-corrected chi connectivity index (χ1v) is 18.3. The predicted molar refractivity (Wildman–Crippen MR) is 224 cm³/mol. The Kier molecular flexibility index (Phi) is 6.61. The molecule has 0 saturated carbocycles. The molecule has 3 aromatic heterocycles. The molecule has 5 nitrogen and oxygen atoms in total. The summed E-state index contributed by atoms with van der Waals surface area (Å²) >= 11 is 0. The summed E-state index contributed by atoms with van der Waals surface area (Å²) in [6.07, 6.45) is 0. The van der Waals surface area contributed by atoms with Crippen LogP contribution in [0.1, 0.15) is 11.1 Å². The molecule has 8 aromatic carbocycles. The maximum atomic E-state index is 10.6. The Morgan fingerprint density at radius 1 is 0.345 bits per heavy atom. The summed E-state index contributed by atoms with van der Waals surface area (Å²) in [5, 5.41) is 27.4. The highest BCUT2D eigenvalue weighted by atomic mass is 15.0. The largest absolute Gasteiger partial charge is 0.309 e. The van der Waals surface area contributed by atoms with Crippen molar-refractivity contribution in [2.24, 2.45) is 0 Å². The Morgan fingerprint density at radius 3 is 1.49 bits per heavy atom. The molecular weight excluding hydrogens is 671 g/mol. The monoisotopic (exact) mass is 699 g/mol. The van der Waals surface area contributed by atoms with E-state index in [0.717, 1.165) is 61.0 Å². The summed E-state index contributed by atoms with van der Waals surface area (Å²) in [7, 11) is 0. The van der Waals surface area contributed by atoms with Gasteiger partial charge in [0.05, 0.1) is 56.0 Å². The SMILES string of the molecule is N#Cc1cccc(-c2cccc(-n3c4ccccc4c4cc(-n5c6ccccc6c6ccccc65)ccc43)c2)c1-n1c2ccccc2c2c(C#N)cccc21. The fraction of sp³-hybridized carbons (Fsp3) is 0. The van der Waals surface area contributed by atoms with E-state index in [4.69, 9.17) is 0 Å². The molecule has 55 heavy (non-hydrogen) atoms. The minimum atomic E-state index is 0.558. The van der Waals surface area contributed by atoms with Gasteiger partial charge < -0.3 is 13.7 Å². The van der Waals surface area contributed by atoms with Crippen LogP contribution in [0.2, 0.25) is 0 Å². The molecular formula is C50H29N5. The number of hydrogen-bond acceptors (Lipinski definition) is 2. The lowest BCUT2D eigenvalue weighted by atomic mass is 9.99. The molecule has 0 fully saturated rings. The van der Waals surface area contributed by atoms with Crippen molar-refractivity contribution in [3.05, 3.63) is 187 Å². The Hall–Kier alpha value is -7.86. The molecule has 254 valence electrons. The van der Waals surface area contributed by atoms with Gasteiger partial charge in [-0.1, -0.05) is 103 Å². The summed E-state index contributed by atoms with van der Waals surface area (Å²) in [6.45, 7) is 0. The molecule has 11 rings (SSSR count). The average Bonchev–Trinajstić information content (AvgIpc) is 3.89. The Bertz CT molecular complexity index is 3420. The van der Waals surface area contributed by atoms with E-state index in [2.05, 4.69) is 159 Å². The third-order valence-electron chi connectivity index (χ3n) is 11.1. The number of nitriles is 2. The number of para-hydroxylation sites is 5. The highest BCUT2D eigenvalue weighted by Crippen LogP contribution is 2.41. The zero-order valence-corrected chi connectivity index (χ0v) is 29.5. The summed E-state index contributed by atoms with van der Waals surface area (Å²) in [4.78, 5) is 0. The van der Waals surface area contributed by atoms with Gasteiger partial charge in [0.2, 0.25) is 0 Å². The van der Waals surface area contributed by atoms with E-state index in [-0.39, 0.29) is 0 Å². The van der Waals surface area contributed by atoms with E-state index in [1.807, 2.05) is 42.5 Å². The predicted octanol–water partition coefficient (Wildman–Crippen LogP) is 12.4. The van der Waals surface area contributed by atoms with Gasteiger partial charge in [0, 0.05) is 49.3 Å². The third kappa shape index (κ3) is 4.39. The van der Waals surface area contributed by atoms with Crippen molar-refractivity contribution >= 4 is 65.4 Å². The Morgan fingerprint density at radius 2 is 0.836 bits per heavy atom. The zero-order chi connectivity index (χ0) is 36.6. The van der Waals surface area contributed by atoms with Crippen molar-refractivity contribution in [1.29, 1.82) is 10.5 Å². The molecule has 0 unspecified atom stereocenters. The van der Waals surface area contributed by atoms with Crippen LogP contribution >= 0.6 is 0 Å². The Balaban J connectivity index is 1.14. The molecule has 0 aliphatic carbocycles. The molecule has 0 aliphatic rings. The first-order chi connectivity index (χ1) is 27.2. The van der Waals surface area contributed by atoms with Gasteiger partial charge in [-0.3, -0.25) is 0 Å². The van der Waals surface area contributed by atoms with Gasteiger partial charge in [-0.15, -0.1) is 0 Å². The van der Waals surface area contributed by atoms with Gasteiger partial charge >= 0.3 is 0 Å². The van der Waals surface area contributed by atoms with Crippen LogP contribution in [0, 0.1) is 22.7 Å². The molecule has 0 atom stereocenters. The summed E-state index contributed by atoms with van der Waals surface area (Å²) in [5.74, 6) is 0. The van der Waals surface area contributed by atoms with Crippen LogP contribution in [-0.2, 0) is 0 Å². The molecule has 0 N–H and O–H groups in total. The van der Waals surface area contributed by atoms with E-state index in [1.54, 1.807) is 0 Å². The van der Waals surface area contributed by atoms with E-state index in [0.29, 0.717) is 11.1 Å². The quantitative estimate of drug-likeness (QED) is 0.184. The van der Waals surface area contributed by atoms with Crippen LogP contribution in [0.15, 0.2) is 176 Å². The van der Waals surface area contributed by atoms with Crippen molar-refractivity contribution < 1.29 is 0 Å². The maximum absolute atomic E-state index is 10.6. The number of aromatic nitrogens is 3. The van der Waals surface area contributed by atoms with E-state index >= 15 is 0 Å². The van der Waals surface area contributed by atoms with Crippen molar-refractivity contribution in [3.63, 3.8) is 0 Å². The summed E-state index contributed by atoms with van der Waals surface area (Å²) < 4.78 is 6.87. The molecule has 0 saturated heterocycles. The van der Waals surface area contributed by atoms with E-state index < -0.39 is 0 Å². The van der Waals surface area contributed by atoms with Crippen molar-refractivity contribution in [3.8, 4) is 40.3 Å². The number of fused-ring (bicyclic) bond motifs is 9. The Labute approximate surface area is 316 Å². The standard InChI is InChI=1S/C50H29N5/c51-30-33-13-11-25-48-49(33)41-19-4-8-24-46(41)55(48)50-34(31-52)14-10-20-37(50)32-12-9-15-35(28-32)53-45-23-7-3-18-40(45)42-29-36(26-27-47(42)53)54-43-21-5-1-16-38(43)39-17-2-6-22-44(39)54/h1-29H. The van der Waals surface area contributed by atoms with Crippen LogP contribution in [0.4, 0.5) is 0 Å². The normalized spacial score (nSPS) is 11.6. The van der Waals surface area contributed by atoms with Crippen molar-refractivity contribution in [2.75, 3.05) is 0 Å². The smallest absolute Gasteiger partial charge is 0.101 e. The number of rotatable bonds is 4. The molecule has 0 aliphatic heterocycles. The van der Waals surface area contributed by atoms with Crippen LogP contribution in [0.25, 0.3) is 93.6 Å². The first kappa shape index (κ1) is 30.7. The highest BCUT2D eigenvalue weighted by Gasteiger charge is 2.21. The molecule has 0 bridgehead atoms. The summed E-state index contributed by atoms with van der Waals surface area (Å²) in [5.41, 5.74) is 12.4. The summed E-state index contributed by atoms with van der Waals surface area (Å²) in [6, 6.07) is 66.0. The number of hydrogen-bond donors (Lipinski definition) is 0. The maximum Gasteiger partial charge on any atom is 0.101 e. The number of nitrogens with zero attached hydrogens (tertiary/aromatic N) is 5. The third-order valence-corrected chi connectivity index (χ3v) is 11.1. The van der Waals surface area contributed by atoms with Crippen LogP contribution < -0.4 is 0 Å². The van der Waals surface area contributed by atoms with Crippen LogP contribution in [-0.4, -0.2) is 13.7 Å². The van der Waals surface area contributed by atoms with Crippen LogP contribution in [0.5, 0.6) is 0 Å². The van der Waals surface area contributed by atoms with Gasteiger partial charge in [-0.05, 0) is 78.4 Å². The second-order valence-corrected chi connectivity index (χ2v) is 14.0. The second-order valence-electron chi connectivity index (χ2n) is 14.0. The van der Waals surface area contributed by atoms with Gasteiger partial charge in [0.25, 0.3) is 0 Å².